The fourth-order valence-electron chi connectivity index (χ4n) is 3.63. The molecule has 0 aliphatic rings. The van der Waals surface area contributed by atoms with E-state index in [0.29, 0.717) is 5.65 Å². The number of imidazole rings is 1. The van der Waals surface area contributed by atoms with Gasteiger partial charge in [-0.05, 0) is 24.3 Å². The Hall–Kier alpha value is -3.81. The van der Waals surface area contributed by atoms with Gasteiger partial charge in [0.25, 0.3) is 0 Å². The molecule has 8 nitrogen and oxygen atoms in total. The molecule has 0 saturated carbocycles. The SMILES string of the molecule is COC(=O)c1ncc2cnc3[nH]c(-c4cn(C)c5ccc(OC)cc45)cc3n12. The summed E-state index contributed by atoms with van der Waals surface area (Å²) in [6.45, 7) is 0. The summed E-state index contributed by atoms with van der Waals surface area (Å²) in [5.74, 6) is 0.513. The molecule has 0 atom stereocenters. The third-order valence-corrected chi connectivity index (χ3v) is 4.99. The third-order valence-electron chi connectivity index (χ3n) is 4.99. The number of aryl methyl sites for hydroxylation is 1. The molecule has 5 aromatic rings. The lowest BCUT2D eigenvalue weighted by atomic mass is 10.1. The number of nitrogens with one attached hydrogen (secondary N) is 1. The van der Waals surface area contributed by atoms with Crippen LogP contribution in [-0.4, -0.2) is 44.1 Å². The van der Waals surface area contributed by atoms with Crippen molar-refractivity contribution in [1.82, 2.24) is 23.9 Å². The van der Waals surface area contributed by atoms with Crippen LogP contribution in [-0.2, 0) is 11.8 Å². The smallest absolute Gasteiger partial charge is 0.374 e. The van der Waals surface area contributed by atoms with E-state index in [9.17, 15) is 4.79 Å². The van der Waals surface area contributed by atoms with Crippen LogP contribution in [0.3, 0.4) is 0 Å². The number of hydrogen-bond donors (Lipinski definition) is 1. The highest BCUT2D eigenvalue weighted by Crippen LogP contribution is 2.34. The molecule has 0 bridgehead atoms. The van der Waals surface area contributed by atoms with Crippen molar-refractivity contribution in [3.8, 4) is 17.0 Å². The molecule has 0 aliphatic carbocycles. The third kappa shape index (κ3) is 2.21. The first-order chi connectivity index (χ1) is 13.6. The first-order valence-corrected chi connectivity index (χ1v) is 8.67. The number of methoxy groups -OCH3 is 2. The minimum atomic E-state index is -0.495. The van der Waals surface area contributed by atoms with Crippen LogP contribution in [0.2, 0.25) is 0 Å². The van der Waals surface area contributed by atoms with E-state index < -0.39 is 5.97 Å². The molecule has 1 N–H and O–H groups in total. The van der Waals surface area contributed by atoms with E-state index >= 15 is 0 Å². The monoisotopic (exact) mass is 375 g/mol. The zero-order chi connectivity index (χ0) is 19.4. The van der Waals surface area contributed by atoms with Crippen LogP contribution in [0.4, 0.5) is 0 Å². The van der Waals surface area contributed by atoms with Crippen molar-refractivity contribution in [2.24, 2.45) is 7.05 Å². The molecule has 0 spiro atoms. The molecular formula is C20H17N5O3. The maximum Gasteiger partial charge on any atom is 0.374 e. The van der Waals surface area contributed by atoms with Crippen molar-refractivity contribution < 1.29 is 14.3 Å². The van der Waals surface area contributed by atoms with Crippen LogP contribution in [0.1, 0.15) is 10.6 Å². The summed E-state index contributed by atoms with van der Waals surface area (Å²) in [5.41, 5.74) is 5.12. The Balaban J connectivity index is 1.79. The molecule has 0 radical (unpaired) electrons. The summed E-state index contributed by atoms with van der Waals surface area (Å²) >= 11 is 0. The minimum absolute atomic E-state index is 0.218. The van der Waals surface area contributed by atoms with Crippen LogP contribution in [0.5, 0.6) is 5.75 Å². The van der Waals surface area contributed by atoms with Crippen molar-refractivity contribution in [2.45, 2.75) is 0 Å². The molecule has 8 heteroatoms. The maximum atomic E-state index is 12.1. The van der Waals surface area contributed by atoms with Gasteiger partial charge in [0.15, 0.2) is 5.65 Å². The molecular weight excluding hydrogens is 358 g/mol. The van der Waals surface area contributed by atoms with Crippen LogP contribution in [0, 0.1) is 0 Å². The van der Waals surface area contributed by atoms with Crippen LogP contribution < -0.4 is 4.74 Å². The highest BCUT2D eigenvalue weighted by molar-refractivity contribution is 5.99. The average Bonchev–Trinajstić information content (AvgIpc) is 3.41. The Morgan fingerprint density at radius 1 is 1.11 bits per heavy atom. The molecule has 1 aromatic carbocycles. The van der Waals surface area contributed by atoms with Crippen molar-refractivity contribution in [3.63, 3.8) is 0 Å². The van der Waals surface area contributed by atoms with Crippen LogP contribution in [0.25, 0.3) is 38.8 Å². The molecule has 0 amide bonds. The summed E-state index contributed by atoms with van der Waals surface area (Å²) in [6.07, 6.45) is 5.34. The topological polar surface area (TPSA) is 86.4 Å². The van der Waals surface area contributed by atoms with Crippen LogP contribution in [0.15, 0.2) is 42.9 Å². The van der Waals surface area contributed by atoms with Gasteiger partial charge in [-0.25, -0.2) is 14.8 Å². The number of H-pyrrole nitrogens is 1. The first kappa shape index (κ1) is 16.4. The number of benzene rings is 1. The second kappa shape index (κ2) is 5.85. The maximum absolute atomic E-state index is 12.1. The van der Waals surface area contributed by atoms with Gasteiger partial charge in [0.1, 0.15) is 5.75 Å². The lowest BCUT2D eigenvalue weighted by Gasteiger charge is -2.01. The van der Waals surface area contributed by atoms with Crippen molar-refractivity contribution in [1.29, 1.82) is 0 Å². The quantitative estimate of drug-likeness (QED) is 0.490. The summed E-state index contributed by atoms with van der Waals surface area (Å²) in [5, 5.41) is 1.06. The van der Waals surface area contributed by atoms with Gasteiger partial charge in [-0.15, -0.1) is 0 Å². The summed E-state index contributed by atoms with van der Waals surface area (Å²) < 4.78 is 14.1. The van der Waals surface area contributed by atoms with Gasteiger partial charge in [-0.3, -0.25) is 4.40 Å². The van der Waals surface area contributed by atoms with Gasteiger partial charge in [0, 0.05) is 29.7 Å². The highest BCUT2D eigenvalue weighted by atomic mass is 16.5. The number of fused-ring (bicyclic) bond motifs is 4. The van der Waals surface area contributed by atoms with Crippen molar-refractivity contribution in [3.05, 3.63) is 48.7 Å². The number of nitrogens with zero attached hydrogens (tertiary/aromatic N) is 4. The average molecular weight is 375 g/mol. The van der Waals surface area contributed by atoms with Gasteiger partial charge in [0.2, 0.25) is 5.82 Å². The standard InChI is InChI=1S/C20H17N5O3/c1-24-10-14(13-6-12(27-2)4-5-16(13)24)15-7-17-18(23-15)21-8-11-9-22-19(25(11)17)20(26)28-3/h4-10,23H,1-3H3. The van der Waals surface area contributed by atoms with E-state index in [2.05, 4.69) is 25.7 Å². The molecule has 4 aromatic heterocycles. The number of rotatable bonds is 3. The van der Waals surface area contributed by atoms with Gasteiger partial charge >= 0.3 is 5.97 Å². The number of ether oxygens (including phenoxy) is 2. The first-order valence-electron chi connectivity index (χ1n) is 8.67. The second-order valence-corrected chi connectivity index (χ2v) is 6.55. The largest absolute Gasteiger partial charge is 0.497 e. The second-order valence-electron chi connectivity index (χ2n) is 6.55. The molecule has 0 unspecified atom stereocenters. The van der Waals surface area contributed by atoms with E-state index in [1.54, 1.807) is 23.9 Å². The highest BCUT2D eigenvalue weighted by Gasteiger charge is 2.18. The van der Waals surface area contributed by atoms with E-state index in [-0.39, 0.29) is 5.82 Å². The van der Waals surface area contributed by atoms with Crippen molar-refractivity contribution in [2.75, 3.05) is 14.2 Å². The molecule has 4 heterocycles. The summed E-state index contributed by atoms with van der Waals surface area (Å²) in [4.78, 5) is 24.1. The number of esters is 1. The molecule has 0 fully saturated rings. The molecule has 0 saturated heterocycles. The fourth-order valence-corrected chi connectivity index (χ4v) is 3.63. The predicted molar refractivity (Wildman–Crippen MR) is 105 cm³/mol. The van der Waals surface area contributed by atoms with E-state index in [1.807, 2.05) is 31.3 Å². The fraction of sp³-hybridized carbons (Fsp3) is 0.150. The van der Waals surface area contributed by atoms with E-state index in [4.69, 9.17) is 9.47 Å². The van der Waals surface area contributed by atoms with E-state index in [1.165, 1.54) is 7.11 Å². The van der Waals surface area contributed by atoms with Gasteiger partial charge in [-0.2, -0.15) is 0 Å². The Morgan fingerprint density at radius 2 is 1.93 bits per heavy atom. The minimum Gasteiger partial charge on any atom is -0.497 e. The van der Waals surface area contributed by atoms with Crippen molar-refractivity contribution >= 4 is 33.6 Å². The molecule has 5 rings (SSSR count). The zero-order valence-corrected chi connectivity index (χ0v) is 15.6. The lowest BCUT2D eigenvalue weighted by Crippen LogP contribution is -2.07. The number of carbonyl (C=O) groups is 1. The zero-order valence-electron chi connectivity index (χ0n) is 15.6. The summed E-state index contributed by atoms with van der Waals surface area (Å²) in [7, 11) is 5.00. The van der Waals surface area contributed by atoms with E-state index in [0.717, 1.165) is 38.9 Å². The number of hydrogen-bond acceptors (Lipinski definition) is 5. The number of aromatic amines is 1. The van der Waals surface area contributed by atoms with Crippen LogP contribution >= 0.6 is 0 Å². The molecule has 28 heavy (non-hydrogen) atoms. The van der Waals surface area contributed by atoms with Gasteiger partial charge in [-0.1, -0.05) is 0 Å². The lowest BCUT2D eigenvalue weighted by molar-refractivity contribution is 0.0586. The Kier molecular flexibility index (Phi) is 3.42. The summed E-state index contributed by atoms with van der Waals surface area (Å²) in [6, 6.07) is 7.95. The number of carbonyl (C=O) groups excluding carboxylic acids is 1. The molecule has 140 valence electrons. The Bertz CT molecular complexity index is 1380. The normalized spacial score (nSPS) is 11.5. The Labute approximate surface area is 159 Å². The van der Waals surface area contributed by atoms with Gasteiger partial charge < -0.3 is 19.0 Å². The molecule has 0 aliphatic heterocycles. The number of aromatic nitrogens is 5. The Morgan fingerprint density at radius 3 is 2.71 bits per heavy atom. The van der Waals surface area contributed by atoms with Gasteiger partial charge in [0.05, 0.1) is 43.3 Å². The predicted octanol–water partition coefficient (Wildman–Crippen LogP) is 3.16.